The molecule has 0 unspecified atom stereocenters. The van der Waals surface area contributed by atoms with E-state index in [2.05, 4.69) is 0 Å². The molecule has 0 aliphatic rings. The number of nitrogens with zero attached hydrogens (tertiary/aromatic N) is 7. The lowest BCUT2D eigenvalue weighted by molar-refractivity contribution is -0.742. The third kappa shape index (κ3) is 12.2. The second kappa shape index (κ2) is 15.5. The number of pyridine rings is 4. The van der Waals surface area contributed by atoms with Crippen molar-refractivity contribution in [3.8, 4) is 22.8 Å². The van der Waals surface area contributed by atoms with E-state index < -0.39 is 36.7 Å². The number of nitro groups is 2. The van der Waals surface area contributed by atoms with Gasteiger partial charge in [0.2, 0.25) is 0 Å². The molecule has 23 heteroatoms. The molecule has 0 aromatic carbocycles. The van der Waals surface area contributed by atoms with Crippen molar-refractivity contribution in [1.82, 2.24) is 0 Å². The van der Waals surface area contributed by atoms with Crippen LogP contribution in [0.1, 0.15) is 0 Å². The van der Waals surface area contributed by atoms with E-state index in [1.165, 1.54) is 12.4 Å². The minimum absolute atomic E-state index is 0.223. The first kappa shape index (κ1) is 34.7. The van der Waals surface area contributed by atoms with Crippen molar-refractivity contribution in [2.75, 3.05) is 0 Å². The molecule has 0 saturated heterocycles. The normalized spacial score (nSPS) is 9.91. The molecule has 43 heavy (non-hydrogen) atoms. The number of rotatable bonds is 4. The molecule has 4 aromatic rings. The Kier molecular flexibility index (Phi) is 12.5. The molecule has 4 aromatic heterocycles. The van der Waals surface area contributed by atoms with Gasteiger partial charge in [0, 0.05) is 24.3 Å². The van der Waals surface area contributed by atoms with Gasteiger partial charge < -0.3 is 26.0 Å². The molecule has 0 bridgehead atoms. The zero-order valence-electron chi connectivity index (χ0n) is 20.9. The Labute approximate surface area is 238 Å². The summed E-state index contributed by atoms with van der Waals surface area (Å²) in [6.07, 6.45) is 4.43. The van der Waals surface area contributed by atoms with Crippen molar-refractivity contribution in [2.45, 2.75) is 0 Å². The molecule has 0 aliphatic carbocycles. The van der Waals surface area contributed by atoms with E-state index in [0.717, 1.165) is 36.7 Å². The minimum Gasteiger partial charge on any atom is -0.618 e. The quantitative estimate of drug-likeness (QED) is 0.0884. The average molecular weight is 627 g/mol. The van der Waals surface area contributed by atoms with Crippen molar-refractivity contribution in [1.29, 1.82) is 0 Å². The van der Waals surface area contributed by atoms with Crippen LogP contribution in [0, 0.1) is 51.2 Å². The van der Waals surface area contributed by atoms with Gasteiger partial charge in [0.25, 0.3) is 39.2 Å². The monoisotopic (exact) mass is 627 g/mol. The summed E-state index contributed by atoms with van der Waals surface area (Å²) < 4.78 is 33.4. The first-order valence-corrected chi connectivity index (χ1v) is 12.0. The van der Waals surface area contributed by atoms with Gasteiger partial charge in [-0.1, -0.05) is 0 Å². The van der Waals surface area contributed by atoms with Crippen molar-refractivity contribution < 1.29 is 56.6 Å². The van der Waals surface area contributed by atoms with E-state index >= 15 is 0 Å². The molecule has 0 aliphatic heterocycles. The van der Waals surface area contributed by atoms with Crippen LogP contribution in [0.3, 0.4) is 0 Å². The minimum atomic E-state index is -4.67. The maximum absolute atomic E-state index is 11.6. The van der Waals surface area contributed by atoms with E-state index in [1.807, 2.05) is 0 Å². The lowest BCUT2D eigenvalue weighted by Gasteiger charge is -2.04. The van der Waals surface area contributed by atoms with Crippen LogP contribution >= 0.6 is 0 Å². The molecule has 0 amide bonds. The summed E-state index contributed by atoms with van der Waals surface area (Å²) in [5, 5.41) is 80.8. The molecular formula is C20H17N7O15S. The van der Waals surface area contributed by atoms with Crippen LogP contribution in [0.15, 0.2) is 85.5 Å². The summed E-state index contributed by atoms with van der Waals surface area (Å²) in [6, 6.07) is 13.6. The topological polar surface area (TPSA) is 332 Å². The van der Waals surface area contributed by atoms with Crippen LogP contribution in [0.2, 0.25) is 0 Å². The fraction of sp³-hybridized carbons (Fsp3) is 0. The van der Waals surface area contributed by atoms with Gasteiger partial charge in [0.15, 0.2) is 24.8 Å². The maximum Gasteiger partial charge on any atom is 0.394 e. The average Bonchev–Trinajstić information content (AvgIpc) is 2.89. The van der Waals surface area contributed by atoms with Crippen LogP contribution < -0.4 is 18.9 Å². The molecule has 0 fully saturated rings. The largest absolute Gasteiger partial charge is 0.618 e. The predicted octanol–water partition coefficient (Wildman–Crippen LogP) is 0.0567. The highest BCUT2D eigenvalue weighted by Crippen LogP contribution is 2.20. The molecule has 228 valence electrons. The predicted molar refractivity (Wildman–Crippen MR) is 136 cm³/mol. The van der Waals surface area contributed by atoms with Gasteiger partial charge in [-0.2, -0.15) is 27.3 Å². The van der Waals surface area contributed by atoms with Gasteiger partial charge in [0.05, 0.1) is 34.1 Å². The highest BCUT2D eigenvalue weighted by Gasteiger charge is 2.25. The molecule has 4 heterocycles. The first-order chi connectivity index (χ1) is 19.9. The number of hydrogen-bond donors (Lipinski definition) is 3. The lowest BCUT2D eigenvalue weighted by Crippen LogP contribution is -2.36. The van der Waals surface area contributed by atoms with E-state index in [0.29, 0.717) is 20.8 Å². The SMILES string of the molecule is O=S(=O)(O)O.O=[N+]([O-])O.O=[N+]([O-])c1cc[n+]([O-])c(-c2cc([N+](=O)[O-])cc[n+]2[O-])c1.[O-][n+]1ccccc1-c1cccc[n+]1[O-]. The summed E-state index contributed by atoms with van der Waals surface area (Å²) in [5.41, 5.74) is -0.806. The lowest BCUT2D eigenvalue weighted by atomic mass is 10.2. The number of aromatic nitrogens is 4. The summed E-state index contributed by atoms with van der Waals surface area (Å²) in [4.78, 5) is 28.2. The van der Waals surface area contributed by atoms with Crippen molar-refractivity contribution >= 4 is 21.8 Å². The Morgan fingerprint density at radius 3 is 1.09 bits per heavy atom. The smallest absolute Gasteiger partial charge is 0.394 e. The Morgan fingerprint density at radius 1 is 0.558 bits per heavy atom. The Balaban J connectivity index is 0.000000347. The highest BCUT2D eigenvalue weighted by atomic mass is 32.3. The Hall–Kier alpha value is -6.33. The summed E-state index contributed by atoms with van der Waals surface area (Å²) in [6.45, 7) is 0. The summed E-state index contributed by atoms with van der Waals surface area (Å²) in [5.74, 6) is 0. The highest BCUT2D eigenvalue weighted by molar-refractivity contribution is 7.79. The van der Waals surface area contributed by atoms with E-state index in [9.17, 15) is 41.1 Å². The molecule has 0 spiro atoms. The molecule has 0 saturated carbocycles. The molecule has 0 atom stereocenters. The van der Waals surface area contributed by atoms with Crippen molar-refractivity contribution in [2.24, 2.45) is 0 Å². The molecule has 22 nitrogen and oxygen atoms in total. The zero-order valence-corrected chi connectivity index (χ0v) is 21.7. The molecule has 3 N–H and O–H groups in total. The maximum atomic E-state index is 11.6. The zero-order chi connectivity index (χ0) is 32.9. The summed E-state index contributed by atoms with van der Waals surface area (Å²) >= 11 is 0. The van der Waals surface area contributed by atoms with Gasteiger partial charge in [-0.3, -0.25) is 29.3 Å². The third-order valence-electron chi connectivity index (χ3n) is 4.40. The van der Waals surface area contributed by atoms with Crippen LogP contribution in [0.5, 0.6) is 0 Å². The van der Waals surface area contributed by atoms with E-state index in [1.54, 1.807) is 36.4 Å². The molecule has 0 radical (unpaired) electrons. The van der Waals surface area contributed by atoms with Crippen LogP contribution in [0.25, 0.3) is 22.8 Å². The number of hydrogen-bond acceptors (Lipinski definition) is 12. The third-order valence-corrected chi connectivity index (χ3v) is 4.40. The van der Waals surface area contributed by atoms with Gasteiger partial charge in [0.1, 0.15) is 0 Å². The van der Waals surface area contributed by atoms with Crippen LogP contribution in [-0.2, 0) is 10.4 Å². The fourth-order valence-corrected chi connectivity index (χ4v) is 2.81. The second-order valence-corrected chi connectivity index (χ2v) is 8.11. The van der Waals surface area contributed by atoms with Crippen LogP contribution in [-0.4, -0.2) is 37.7 Å². The van der Waals surface area contributed by atoms with Gasteiger partial charge in [-0.05, 0) is 12.1 Å². The van der Waals surface area contributed by atoms with Crippen molar-refractivity contribution in [3.63, 3.8) is 0 Å². The molecule has 4 rings (SSSR count). The second-order valence-electron chi connectivity index (χ2n) is 7.22. The molecular weight excluding hydrogens is 610 g/mol. The van der Waals surface area contributed by atoms with Gasteiger partial charge >= 0.3 is 10.4 Å². The van der Waals surface area contributed by atoms with Crippen LogP contribution in [0.4, 0.5) is 11.4 Å². The van der Waals surface area contributed by atoms with Gasteiger partial charge in [-0.15, -0.1) is 10.1 Å². The fourth-order valence-electron chi connectivity index (χ4n) is 2.81. The van der Waals surface area contributed by atoms with Crippen molar-refractivity contribution in [3.05, 3.63) is 137 Å². The van der Waals surface area contributed by atoms with E-state index in [-0.39, 0.29) is 20.8 Å². The standard InChI is InChI=1S/C10H6N4O6.C10H8N2O2.HNO3.H2O4S/c15-11-3-1-7(13(17)18)5-9(11)10-6-8(14(19)20)2-4-12(10)16;13-11-7-3-1-5-9(11)10-6-2-4-8-12(10)14;2-1(3)4;1-5(2,3)4/h1-6H;1-8H;(H,2,3,4);(H2,1,2,3,4). The van der Waals surface area contributed by atoms with E-state index in [4.69, 9.17) is 32.8 Å². The Morgan fingerprint density at radius 2 is 0.837 bits per heavy atom. The first-order valence-electron chi connectivity index (χ1n) is 10.6. The van der Waals surface area contributed by atoms with Gasteiger partial charge in [-0.25, -0.2) is 0 Å². The summed E-state index contributed by atoms with van der Waals surface area (Å²) in [7, 11) is -4.67. The Bertz CT molecular complexity index is 1600.